The van der Waals surface area contributed by atoms with Gasteiger partial charge in [-0.25, -0.2) is 0 Å². The molecule has 4 N–H and O–H groups in total. The largest absolute Gasteiger partial charge is 0.396 e. The van der Waals surface area contributed by atoms with Crippen LogP contribution < -0.4 is 11.1 Å². The van der Waals surface area contributed by atoms with Gasteiger partial charge in [0.25, 0.3) is 0 Å². The third kappa shape index (κ3) is 3.47. The molecule has 0 radical (unpaired) electrons. The van der Waals surface area contributed by atoms with Crippen molar-refractivity contribution in [1.29, 1.82) is 0 Å². The molecule has 2 rings (SSSR count). The van der Waals surface area contributed by atoms with Crippen LogP contribution in [0.2, 0.25) is 0 Å². The molecule has 1 fully saturated rings. The van der Waals surface area contributed by atoms with E-state index in [4.69, 9.17) is 5.73 Å². The fourth-order valence-corrected chi connectivity index (χ4v) is 2.85. The monoisotopic (exact) mass is 248 g/mol. The van der Waals surface area contributed by atoms with Crippen LogP contribution in [0.3, 0.4) is 0 Å². The van der Waals surface area contributed by atoms with Gasteiger partial charge < -0.3 is 16.2 Å². The topological polar surface area (TPSA) is 58.3 Å². The van der Waals surface area contributed by atoms with Crippen LogP contribution in [0.5, 0.6) is 0 Å². The van der Waals surface area contributed by atoms with Crippen molar-refractivity contribution in [1.82, 2.24) is 0 Å². The van der Waals surface area contributed by atoms with Crippen molar-refractivity contribution in [2.24, 2.45) is 17.6 Å². The molecule has 0 spiro atoms. The molecule has 2 unspecified atom stereocenters. The second-order valence-electron chi connectivity index (χ2n) is 5.27. The summed E-state index contributed by atoms with van der Waals surface area (Å²) in [7, 11) is 0. The lowest BCUT2D eigenvalue weighted by atomic mass is 9.79. The van der Waals surface area contributed by atoms with Crippen molar-refractivity contribution in [3.8, 4) is 0 Å². The fraction of sp³-hybridized carbons (Fsp3) is 0.600. The number of hydrogen-bond acceptors (Lipinski definition) is 3. The van der Waals surface area contributed by atoms with Crippen LogP contribution in [0.1, 0.15) is 31.2 Å². The second kappa shape index (κ2) is 6.76. The van der Waals surface area contributed by atoms with Gasteiger partial charge >= 0.3 is 0 Å². The van der Waals surface area contributed by atoms with Crippen LogP contribution in [0.4, 0.5) is 5.69 Å². The highest BCUT2D eigenvalue weighted by atomic mass is 16.3. The first-order chi connectivity index (χ1) is 8.83. The zero-order chi connectivity index (χ0) is 12.8. The summed E-state index contributed by atoms with van der Waals surface area (Å²) in [6.07, 6.45) is 4.97. The zero-order valence-corrected chi connectivity index (χ0v) is 10.9. The standard InChI is InChI=1S/C15H24N2O/c16-9-12-4-3-7-15(8-12)17-10-13-5-1-2-6-14(13)11-18/h3-4,7-8,13-14,17-18H,1-2,5-6,9-11,16H2. The van der Waals surface area contributed by atoms with Crippen LogP contribution in [0.15, 0.2) is 24.3 Å². The van der Waals surface area contributed by atoms with Gasteiger partial charge in [0.05, 0.1) is 0 Å². The number of hydrogen-bond donors (Lipinski definition) is 3. The van der Waals surface area contributed by atoms with Crippen LogP contribution in [-0.4, -0.2) is 18.3 Å². The van der Waals surface area contributed by atoms with E-state index in [9.17, 15) is 5.11 Å². The molecular weight excluding hydrogens is 224 g/mol. The van der Waals surface area contributed by atoms with Gasteiger partial charge in [-0.05, 0) is 42.4 Å². The minimum atomic E-state index is 0.329. The summed E-state index contributed by atoms with van der Waals surface area (Å²) in [6.45, 7) is 1.87. The highest BCUT2D eigenvalue weighted by molar-refractivity contribution is 5.45. The first-order valence-electron chi connectivity index (χ1n) is 6.97. The van der Waals surface area contributed by atoms with Gasteiger partial charge in [-0.1, -0.05) is 25.0 Å². The second-order valence-corrected chi connectivity index (χ2v) is 5.27. The third-order valence-corrected chi connectivity index (χ3v) is 4.03. The lowest BCUT2D eigenvalue weighted by Gasteiger charge is -2.30. The zero-order valence-electron chi connectivity index (χ0n) is 10.9. The molecule has 1 aliphatic rings. The van der Waals surface area contributed by atoms with E-state index in [1.165, 1.54) is 25.7 Å². The molecule has 3 nitrogen and oxygen atoms in total. The van der Waals surface area contributed by atoms with E-state index < -0.39 is 0 Å². The quantitative estimate of drug-likeness (QED) is 0.749. The number of rotatable bonds is 5. The van der Waals surface area contributed by atoms with Crippen LogP contribution >= 0.6 is 0 Å². The predicted octanol–water partition coefficient (Wildman–Crippen LogP) is 2.36. The van der Waals surface area contributed by atoms with E-state index >= 15 is 0 Å². The minimum Gasteiger partial charge on any atom is -0.396 e. The SMILES string of the molecule is NCc1cccc(NCC2CCCCC2CO)c1. The van der Waals surface area contributed by atoms with Gasteiger partial charge in [-0.15, -0.1) is 0 Å². The van der Waals surface area contributed by atoms with Crippen LogP contribution in [0, 0.1) is 11.8 Å². The van der Waals surface area contributed by atoms with Crippen molar-refractivity contribution in [2.45, 2.75) is 32.2 Å². The summed E-state index contributed by atoms with van der Waals surface area (Å²) in [5, 5.41) is 12.9. The van der Waals surface area contributed by atoms with Crippen molar-refractivity contribution in [2.75, 3.05) is 18.5 Å². The third-order valence-electron chi connectivity index (χ3n) is 4.03. The number of benzene rings is 1. The van der Waals surface area contributed by atoms with E-state index in [0.29, 0.717) is 25.0 Å². The van der Waals surface area contributed by atoms with Gasteiger partial charge in [0, 0.05) is 25.4 Å². The van der Waals surface area contributed by atoms with Crippen molar-refractivity contribution in [3.05, 3.63) is 29.8 Å². The number of aliphatic hydroxyl groups excluding tert-OH is 1. The first kappa shape index (κ1) is 13.4. The molecule has 3 heteroatoms. The summed E-state index contributed by atoms with van der Waals surface area (Å²) < 4.78 is 0. The molecule has 18 heavy (non-hydrogen) atoms. The molecule has 0 bridgehead atoms. The van der Waals surface area contributed by atoms with Gasteiger partial charge in [0.15, 0.2) is 0 Å². The lowest BCUT2D eigenvalue weighted by Crippen LogP contribution is -2.28. The summed E-state index contributed by atoms with van der Waals surface area (Å²) in [5.41, 5.74) is 7.93. The van der Waals surface area contributed by atoms with Gasteiger partial charge in [-0.3, -0.25) is 0 Å². The van der Waals surface area contributed by atoms with Gasteiger partial charge in [0.2, 0.25) is 0 Å². The van der Waals surface area contributed by atoms with Crippen LogP contribution in [0.25, 0.3) is 0 Å². The Balaban J connectivity index is 1.89. The molecule has 0 aromatic heterocycles. The normalized spacial score (nSPS) is 23.9. The molecule has 1 aromatic rings. The summed E-state index contributed by atoms with van der Waals surface area (Å²) in [4.78, 5) is 0. The maximum absolute atomic E-state index is 9.40. The minimum absolute atomic E-state index is 0.329. The molecule has 0 amide bonds. The molecule has 0 aliphatic heterocycles. The van der Waals surface area contributed by atoms with E-state index in [1.54, 1.807) is 0 Å². The molecule has 1 aliphatic carbocycles. The van der Waals surface area contributed by atoms with Crippen LogP contribution in [-0.2, 0) is 6.54 Å². The highest BCUT2D eigenvalue weighted by Crippen LogP contribution is 2.29. The average Bonchev–Trinajstić information content (AvgIpc) is 2.45. The maximum Gasteiger partial charge on any atom is 0.0462 e. The van der Waals surface area contributed by atoms with E-state index in [0.717, 1.165) is 17.8 Å². The Morgan fingerprint density at radius 2 is 2.00 bits per heavy atom. The smallest absolute Gasteiger partial charge is 0.0462 e. The summed E-state index contributed by atoms with van der Waals surface area (Å²) >= 11 is 0. The number of anilines is 1. The molecular formula is C15H24N2O. The Morgan fingerprint density at radius 1 is 1.22 bits per heavy atom. The van der Waals surface area contributed by atoms with Crippen molar-refractivity contribution in [3.63, 3.8) is 0 Å². The summed E-state index contributed by atoms with van der Waals surface area (Å²) in [5.74, 6) is 1.08. The highest BCUT2D eigenvalue weighted by Gasteiger charge is 2.23. The molecule has 1 aromatic carbocycles. The Kier molecular flexibility index (Phi) is 5.02. The Hall–Kier alpha value is -1.06. The fourth-order valence-electron chi connectivity index (χ4n) is 2.85. The maximum atomic E-state index is 9.40. The molecule has 0 heterocycles. The molecule has 0 saturated heterocycles. The average molecular weight is 248 g/mol. The first-order valence-corrected chi connectivity index (χ1v) is 6.97. The van der Waals surface area contributed by atoms with E-state index in [2.05, 4.69) is 17.4 Å². The Labute approximate surface area is 109 Å². The summed E-state index contributed by atoms with van der Waals surface area (Å²) in [6, 6.07) is 8.27. The number of nitrogens with one attached hydrogen (secondary N) is 1. The van der Waals surface area contributed by atoms with E-state index in [1.807, 2.05) is 12.1 Å². The van der Waals surface area contributed by atoms with Crippen molar-refractivity contribution < 1.29 is 5.11 Å². The molecule has 100 valence electrons. The van der Waals surface area contributed by atoms with Gasteiger partial charge in [-0.2, -0.15) is 0 Å². The Bertz CT molecular complexity index is 367. The van der Waals surface area contributed by atoms with Crippen molar-refractivity contribution >= 4 is 5.69 Å². The lowest BCUT2D eigenvalue weighted by molar-refractivity contribution is 0.141. The predicted molar refractivity (Wildman–Crippen MR) is 75.4 cm³/mol. The van der Waals surface area contributed by atoms with Gasteiger partial charge in [0.1, 0.15) is 0 Å². The number of nitrogens with two attached hydrogens (primary N) is 1. The molecule has 1 saturated carbocycles. The Morgan fingerprint density at radius 3 is 2.72 bits per heavy atom. The number of aliphatic hydroxyl groups is 1. The van der Waals surface area contributed by atoms with E-state index in [-0.39, 0.29) is 0 Å². The molecule has 2 atom stereocenters.